The van der Waals surface area contributed by atoms with Crippen LogP contribution in [0, 0.1) is 5.41 Å². The first-order chi connectivity index (χ1) is 4.18. The summed E-state index contributed by atoms with van der Waals surface area (Å²) in [5.74, 6) is 0. The quantitative estimate of drug-likeness (QED) is 0.558. The zero-order chi connectivity index (χ0) is 6.54. The van der Waals surface area contributed by atoms with E-state index >= 15 is 0 Å². The Labute approximate surface area is 54.8 Å². The van der Waals surface area contributed by atoms with Crippen molar-refractivity contribution in [3.8, 4) is 0 Å². The zero-order valence-corrected chi connectivity index (χ0v) is 5.68. The number of aliphatic hydroxyl groups excluding tert-OH is 1. The monoisotopic (exact) mass is 128 g/mol. The van der Waals surface area contributed by atoms with Gasteiger partial charge in [0.05, 0.1) is 18.8 Å². The fraction of sp³-hybridized carbons (Fsp3) is 1.00. The predicted octanol–water partition coefficient (Wildman–Crippen LogP) is 0.548. The van der Waals surface area contributed by atoms with Gasteiger partial charge < -0.3 is 9.84 Å². The summed E-state index contributed by atoms with van der Waals surface area (Å²) in [5.41, 5.74) is 0.317. The molecule has 3 rings (SSSR count). The van der Waals surface area contributed by atoms with E-state index in [9.17, 15) is 0 Å². The van der Waals surface area contributed by atoms with Gasteiger partial charge in [-0.15, -0.1) is 0 Å². The highest BCUT2D eigenvalue weighted by molar-refractivity contribution is 5.08. The van der Waals surface area contributed by atoms with Crippen LogP contribution in [0.15, 0.2) is 0 Å². The Kier molecular flexibility index (Phi) is 0.837. The van der Waals surface area contributed by atoms with Crippen molar-refractivity contribution in [1.82, 2.24) is 0 Å². The molecule has 0 unspecified atom stereocenters. The third-order valence-corrected chi connectivity index (χ3v) is 2.56. The number of ether oxygens (including phenoxy) is 1. The molecular formula is C7H12O2. The molecule has 2 heterocycles. The average Bonchev–Trinajstić information content (AvgIpc) is 2.20. The topological polar surface area (TPSA) is 29.5 Å². The van der Waals surface area contributed by atoms with Crippen LogP contribution in [0.5, 0.6) is 0 Å². The molecule has 0 aromatic heterocycles. The molecule has 2 aliphatic heterocycles. The first kappa shape index (κ1) is 5.69. The second kappa shape index (κ2) is 1.32. The van der Waals surface area contributed by atoms with E-state index < -0.39 is 0 Å². The maximum absolute atomic E-state index is 8.90. The molecule has 9 heavy (non-hydrogen) atoms. The lowest BCUT2D eigenvalue weighted by Crippen LogP contribution is -2.43. The molecule has 0 aromatic rings. The van der Waals surface area contributed by atoms with Crippen molar-refractivity contribution in [1.29, 1.82) is 0 Å². The van der Waals surface area contributed by atoms with Crippen LogP contribution in [-0.4, -0.2) is 23.9 Å². The Balaban J connectivity index is 2.12. The van der Waals surface area contributed by atoms with Gasteiger partial charge in [0.2, 0.25) is 0 Å². The van der Waals surface area contributed by atoms with Crippen LogP contribution >= 0.6 is 0 Å². The van der Waals surface area contributed by atoms with E-state index in [0.717, 1.165) is 19.4 Å². The molecule has 0 atom stereocenters. The number of hydrogen-bond donors (Lipinski definition) is 1. The second-order valence-electron chi connectivity index (χ2n) is 3.75. The maximum atomic E-state index is 8.90. The van der Waals surface area contributed by atoms with Crippen molar-refractivity contribution in [2.45, 2.75) is 25.4 Å². The molecule has 1 N–H and O–H groups in total. The number of fused-ring (bicyclic) bond motifs is 1. The van der Waals surface area contributed by atoms with Crippen LogP contribution < -0.4 is 0 Å². The molecule has 0 radical (unpaired) electrons. The van der Waals surface area contributed by atoms with Gasteiger partial charge in [-0.2, -0.15) is 0 Å². The molecule has 1 aliphatic carbocycles. The molecule has 0 spiro atoms. The van der Waals surface area contributed by atoms with Crippen LogP contribution in [0.1, 0.15) is 19.8 Å². The minimum atomic E-state index is 0.142. The molecule has 3 fully saturated rings. The maximum Gasteiger partial charge on any atom is 0.0668 e. The lowest BCUT2D eigenvalue weighted by Gasteiger charge is -2.40. The van der Waals surface area contributed by atoms with Crippen molar-refractivity contribution >= 4 is 0 Å². The van der Waals surface area contributed by atoms with Gasteiger partial charge in [0.25, 0.3) is 0 Å². The molecule has 1 saturated carbocycles. The van der Waals surface area contributed by atoms with E-state index in [1.54, 1.807) is 0 Å². The van der Waals surface area contributed by atoms with Gasteiger partial charge in [-0.1, -0.05) is 0 Å². The molecule has 2 saturated heterocycles. The third kappa shape index (κ3) is 0.578. The molecule has 2 bridgehead atoms. The summed E-state index contributed by atoms with van der Waals surface area (Å²) in [6.45, 7) is 3.20. The fourth-order valence-corrected chi connectivity index (χ4v) is 2.22. The molecule has 3 aliphatic rings. The Hall–Kier alpha value is -0.0800. The van der Waals surface area contributed by atoms with Gasteiger partial charge in [0.15, 0.2) is 0 Å². The summed E-state index contributed by atoms with van der Waals surface area (Å²) in [6.07, 6.45) is 2.13. The first-order valence-electron chi connectivity index (χ1n) is 3.43. The smallest absolute Gasteiger partial charge is 0.0668 e. The highest BCUT2D eigenvalue weighted by Gasteiger charge is 2.59. The number of aliphatic hydroxyl groups is 1. The first-order valence-corrected chi connectivity index (χ1v) is 3.43. The van der Waals surface area contributed by atoms with E-state index in [4.69, 9.17) is 9.84 Å². The van der Waals surface area contributed by atoms with Crippen molar-refractivity contribution < 1.29 is 9.84 Å². The van der Waals surface area contributed by atoms with E-state index in [2.05, 4.69) is 6.92 Å². The third-order valence-electron chi connectivity index (χ3n) is 2.56. The van der Waals surface area contributed by atoms with E-state index in [0.29, 0.717) is 6.61 Å². The molecule has 52 valence electrons. The van der Waals surface area contributed by atoms with Crippen LogP contribution in [0.25, 0.3) is 0 Å². The minimum Gasteiger partial charge on any atom is -0.396 e. The summed E-state index contributed by atoms with van der Waals surface area (Å²) in [7, 11) is 0. The van der Waals surface area contributed by atoms with Gasteiger partial charge >= 0.3 is 0 Å². The lowest BCUT2D eigenvalue weighted by atomic mass is 9.64. The van der Waals surface area contributed by atoms with Crippen molar-refractivity contribution in [2.24, 2.45) is 5.41 Å². The molecule has 0 aromatic carbocycles. The minimum absolute atomic E-state index is 0.142. The number of hydrogen-bond acceptors (Lipinski definition) is 2. The van der Waals surface area contributed by atoms with Crippen LogP contribution in [-0.2, 0) is 4.74 Å². The largest absolute Gasteiger partial charge is 0.396 e. The van der Waals surface area contributed by atoms with Crippen molar-refractivity contribution in [2.75, 3.05) is 13.2 Å². The summed E-state index contributed by atoms with van der Waals surface area (Å²) in [4.78, 5) is 0. The molecule has 0 amide bonds. The standard InChI is InChI=1S/C7H12O2/c1-6-2-7(3-6,4-8)5-9-6/h8H,2-5H2,1H3. The van der Waals surface area contributed by atoms with E-state index in [1.807, 2.05) is 0 Å². The Morgan fingerprint density at radius 2 is 2.22 bits per heavy atom. The Bertz CT molecular complexity index is 136. The van der Waals surface area contributed by atoms with Gasteiger partial charge in [-0.3, -0.25) is 0 Å². The Morgan fingerprint density at radius 1 is 1.56 bits per heavy atom. The van der Waals surface area contributed by atoms with Crippen LogP contribution in [0.4, 0.5) is 0 Å². The van der Waals surface area contributed by atoms with Crippen LogP contribution in [0.2, 0.25) is 0 Å². The predicted molar refractivity (Wildman–Crippen MR) is 33.1 cm³/mol. The summed E-state index contributed by atoms with van der Waals surface area (Å²) in [6, 6.07) is 0. The van der Waals surface area contributed by atoms with Crippen LogP contribution in [0.3, 0.4) is 0 Å². The zero-order valence-electron chi connectivity index (χ0n) is 5.68. The summed E-state index contributed by atoms with van der Waals surface area (Å²) < 4.78 is 5.45. The van der Waals surface area contributed by atoms with E-state index in [-0.39, 0.29) is 11.0 Å². The summed E-state index contributed by atoms with van der Waals surface area (Å²) in [5, 5.41) is 8.90. The Morgan fingerprint density at radius 3 is 2.44 bits per heavy atom. The number of rotatable bonds is 1. The van der Waals surface area contributed by atoms with E-state index in [1.165, 1.54) is 0 Å². The van der Waals surface area contributed by atoms with Crippen molar-refractivity contribution in [3.05, 3.63) is 0 Å². The highest BCUT2D eigenvalue weighted by Crippen LogP contribution is 2.56. The second-order valence-corrected chi connectivity index (χ2v) is 3.75. The van der Waals surface area contributed by atoms with Gasteiger partial charge in [-0.05, 0) is 19.8 Å². The normalized spacial score (nSPS) is 55.3. The SMILES string of the molecule is CC12CC(CO)(CO1)C2. The molecular weight excluding hydrogens is 116 g/mol. The lowest BCUT2D eigenvalue weighted by molar-refractivity contribution is -0.0119. The van der Waals surface area contributed by atoms with Crippen molar-refractivity contribution in [3.63, 3.8) is 0 Å². The molecule has 2 heteroatoms. The van der Waals surface area contributed by atoms with Gasteiger partial charge in [0, 0.05) is 5.41 Å². The fourth-order valence-electron chi connectivity index (χ4n) is 2.22. The molecule has 2 nitrogen and oxygen atoms in total. The van der Waals surface area contributed by atoms with Gasteiger partial charge in [-0.25, -0.2) is 0 Å². The highest BCUT2D eigenvalue weighted by atomic mass is 16.5. The van der Waals surface area contributed by atoms with Gasteiger partial charge in [0.1, 0.15) is 0 Å². The summed E-state index contributed by atoms with van der Waals surface area (Å²) >= 11 is 0. The average molecular weight is 128 g/mol.